The monoisotopic (exact) mass is 459 g/mol. The SMILES string of the molecule is Cc1cc(-c2nc(OC3CC(C(=O)O)N(C(=O)OC(C)(C)C)C3)c3sccc3n2)n(C)n1. The van der Waals surface area contributed by atoms with Crippen molar-refractivity contribution in [3.63, 3.8) is 0 Å². The van der Waals surface area contributed by atoms with Crippen LogP contribution in [0.5, 0.6) is 5.88 Å². The molecule has 1 fully saturated rings. The third-order valence-corrected chi connectivity index (χ3v) is 5.85. The van der Waals surface area contributed by atoms with Crippen molar-refractivity contribution in [2.24, 2.45) is 7.05 Å². The summed E-state index contributed by atoms with van der Waals surface area (Å²) in [7, 11) is 1.82. The Bertz CT molecular complexity index is 1180. The average molecular weight is 460 g/mol. The molecule has 1 saturated heterocycles. The number of hydrogen-bond acceptors (Lipinski definition) is 8. The summed E-state index contributed by atoms with van der Waals surface area (Å²) in [4.78, 5) is 34.8. The van der Waals surface area contributed by atoms with Crippen molar-refractivity contribution in [1.82, 2.24) is 24.6 Å². The van der Waals surface area contributed by atoms with Gasteiger partial charge in [0.05, 0.1) is 17.8 Å². The number of rotatable bonds is 4. The summed E-state index contributed by atoms with van der Waals surface area (Å²) in [6.07, 6.45) is -1.10. The van der Waals surface area contributed by atoms with Crippen LogP contribution in [0.25, 0.3) is 21.7 Å². The van der Waals surface area contributed by atoms with E-state index in [9.17, 15) is 14.7 Å². The molecule has 2 atom stereocenters. The lowest BCUT2D eigenvalue weighted by atomic mass is 10.2. The van der Waals surface area contributed by atoms with Crippen LogP contribution < -0.4 is 4.74 Å². The molecule has 170 valence electrons. The second kappa shape index (κ2) is 8.05. The van der Waals surface area contributed by atoms with E-state index in [2.05, 4.69) is 15.1 Å². The summed E-state index contributed by atoms with van der Waals surface area (Å²) in [5.41, 5.74) is 1.58. The maximum atomic E-state index is 12.6. The zero-order valence-corrected chi connectivity index (χ0v) is 19.3. The largest absolute Gasteiger partial charge is 0.480 e. The molecular weight excluding hydrogens is 434 g/mol. The quantitative estimate of drug-likeness (QED) is 0.631. The highest BCUT2D eigenvalue weighted by molar-refractivity contribution is 7.17. The van der Waals surface area contributed by atoms with Gasteiger partial charge in [-0.1, -0.05) is 0 Å². The van der Waals surface area contributed by atoms with Gasteiger partial charge in [0.2, 0.25) is 5.88 Å². The minimum absolute atomic E-state index is 0.0862. The highest BCUT2D eigenvalue weighted by Crippen LogP contribution is 2.33. The van der Waals surface area contributed by atoms with Crippen molar-refractivity contribution in [3.8, 4) is 17.4 Å². The molecule has 1 amide bonds. The smallest absolute Gasteiger partial charge is 0.411 e. The molecule has 3 aromatic heterocycles. The zero-order chi connectivity index (χ0) is 23.2. The van der Waals surface area contributed by atoms with Crippen LogP contribution in [0, 0.1) is 6.92 Å². The molecule has 3 aromatic rings. The first-order chi connectivity index (χ1) is 15.0. The fourth-order valence-electron chi connectivity index (χ4n) is 3.65. The van der Waals surface area contributed by atoms with Gasteiger partial charge in [0.25, 0.3) is 0 Å². The molecular formula is C21H25N5O5S. The molecule has 0 saturated carbocycles. The first-order valence-electron chi connectivity index (χ1n) is 10.2. The summed E-state index contributed by atoms with van der Waals surface area (Å²) in [6, 6.07) is 2.73. The summed E-state index contributed by atoms with van der Waals surface area (Å²) < 4.78 is 14.0. The van der Waals surface area contributed by atoms with E-state index < -0.39 is 29.8 Å². The van der Waals surface area contributed by atoms with E-state index in [4.69, 9.17) is 9.47 Å². The maximum Gasteiger partial charge on any atom is 0.411 e. The predicted molar refractivity (Wildman–Crippen MR) is 118 cm³/mol. The number of likely N-dealkylation sites (tertiary alicyclic amines) is 1. The van der Waals surface area contributed by atoms with Crippen LogP contribution >= 0.6 is 11.3 Å². The minimum atomic E-state index is -1.10. The van der Waals surface area contributed by atoms with Crippen LogP contribution in [0.15, 0.2) is 17.5 Å². The molecule has 2 unspecified atom stereocenters. The number of aromatic nitrogens is 4. The summed E-state index contributed by atoms with van der Waals surface area (Å²) in [5, 5.41) is 15.9. The molecule has 1 aliphatic rings. The van der Waals surface area contributed by atoms with E-state index in [1.54, 1.807) is 25.5 Å². The van der Waals surface area contributed by atoms with Crippen LogP contribution in [0.3, 0.4) is 0 Å². The van der Waals surface area contributed by atoms with E-state index in [0.717, 1.165) is 21.6 Å². The lowest BCUT2D eigenvalue weighted by Gasteiger charge is -2.26. The molecule has 32 heavy (non-hydrogen) atoms. The average Bonchev–Trinajstić information content (AvgIpc) is 3.38. The van der Waals surface area contributed by atoms with Crippen molar-refractivity contribution < 1.29 is 24.2 Å². The third-order valence-electron chi connectivity index (χ3n) is 4.96. The molecule has 1 N–H and O–H groups in total. The maximum absolute atomic E-state index is 12.6. The van der Waals surface area contributed by atoms with Gasteiger partial charge in [-0.2, -0.15) is 10.1 Å². The number of hydrogen-bond donors (Lipinski definition) is 1. The Labute approximate surface area is 188 Å². The Kier molecular flexibility index (Phi) is 5.53. The number of carbonyl (C=O) groups is 2. The fourth-order valence-corrected chi connectivity index (χ4v) is 4.41. The lowest BCUT2D eigenvalue weighted by Crippen LogP contribution is -2.43. The van der Waals surface area contributed by atoms with Crippen LogP contribution in [0.2, 0.25) is 0 Å². The van der Waals surface area contributed by atoms with Crippen LogP contribution in [0.1, 0.15) is 32.9 Å². The molecule has 0 aromatic carbocycles. The molecule has 4 heterocycles. The van der Waals surface area contributed by atoms with E-state index in [-0.39, 0.29) is 13.0 Å². The summed E-state index contributed by atoms with van der Waals surface area (Å²) in [6.45, 7) is 7.19. The van der Waals surface area contributed by atoms with Gasteiger partial charge in [-0.15, -0.1) is 11.3 Å². The number of nitrogens with zero attached hydrogens (tertiary/aromatic N) is 5. The summed E-state index contributed by atoms with van der Waals surface area (Å²) in [5.74, 6) is -0.276. The van der Waals surface area contributed by atoms with E-state index in [1.165, 1.54) is 16.2 Å². The van der Waals surface area contributed by atoms with E-state index >= 15 is 0 Å². The number of carbonyl (C=O) groups excluding carboxylic acids is 1. The summed E-state index contributed by atoms with van der Waals surface area (Å²) >= 11 is 1.44. The highest BCUT2D eigenvalue weighted by Gasteiger charge is 2.43. The zero-order valence-electron chi connectivity index (χ0n) is 18.5. The third kappa shape index (κ3) is 4.38. The standard InChI is InChI=1S/C21H25N5O5S/c1-11-8-14(25(5)24-11)17-22-13-6-7-32-16(13)18(23-17)30-12-9-15(19(27)28)26(10-12)20(29)31-21(2,3)4/h6-8,12,15H,9-10H2,1-5H3,(H,27,28). The lowest BCUT2D eigenvalue weighted by molar-refractivity contribution is -0.142. The predicted octanol–water partition coefficient (Wildman–Crippen LogP) is 3.24. The molecule has 0 aliphatic carbocycles. The molecule has 4 rings (SSSR count). The van der Waals surface area contributed by atoms with Gasteiger partial charge < -0.3 is 14.6 Å². The number of ether oxygens (including phenoxy) is 2. The van der Waals surface area contributed by atoms with E-state index in [1.807, 2.05) is 31.5 Å². The number of thiophene rings is 1. The van der Waals surface area contributed by atoms with E-state index in [0.29, 0.717) is 11.7 Å². The van der Waals surface area contributed by atoms with Gasteiger partial charge in [-0.05, 0) is 45.2 Å². The van der Waals surface area contributed by atoms with Gasteiger partial charge in [0, 0.05) is 13.5 Å². The molecule has 1 aliphatic heterocycles. The second-order valence-corrected chi connectivity index (χ2v) is 9.66. The number of carboxylic acid groups (broad SMARTS) is 1. The first-order valence-corrected chi connectivity index (χ1v) is 11.0. The van der Waals surface area contributed by atoms with Gasteiger partial charge in [-0.3, -0.25) is 9.58 Å². The van der Waals surface area contributed by atoms with Gasteiger partial charge >= 0.3 is 12.1 Å². The molecule has 11 heteroatoms. The van der Waals surface area contributed by atoms with Crippen LogP contribution in [-0.4, -0.2) is 66.1 Å². The Morgan fingerprint density at radius 3 is 2.66 bits per heavy atom. The normalized spacial score (nSPS) is 18.8. The topological polar surface area (TPSA) is 120 Å². The van der Waals surface area contributed by atoms with Crippen molar-refractivity contribution in [2.45, 2.75) is 51.9 Å². The Morgan fingerprint density at radius 2 is 2.03 bits per heavy atom. The minimum Gasteiger partial charge on any atom is -0.480 e. The molecule has 0 spiro atoms. The second-order valence-electron chi connectivity index (χ2n) is 8.74. The Balaban J connectivity index is 1.63. The molecule has 0 radical (unpaired) electrons. The number of fused-ring (bicyclic) bond motifs is 1. The van der Waals surface area contributed by atoms with Gasteiger partial charge in [0.1, 0.15) is 28.1 Å². The van der Waals surface area contributed by atoms with Crippen LogP contribution in [-0.2, 0) is 16.6 Å². The van der Waals surface area contributed by atoms with Crippen molar-refractivity contribution in [1.29, 1.82) is 0 Å². The molecule has 10 nitrogen and oxygen atoms in total. The highest BCUT2D eigenvalue weighted by atomic mass is 32.1. The number of aryl methyl sites for hydroxylation is 2. The van der Waals surface area contributed by atoms with Gasteiger partial charge in [-0.25, -0.2) is 14.6 Å². The molecule has 0 bridgehead atoms. The van der Waals surface area contributed by atoms with Crippen molar-refractivity contribution in [2.75, 3.05) is 6.54 Å². The van der Waals surface area contributed by atoms with Crippen LogP contribution in [0.4, 0.5) is 4.79 Å². The fraction of sp³-hybridized carbons (Fsp3) is 0.476. The number of amides is 1. The first kappa shape index (κ1) is 22.0. The Hall–Kier alpha value is -3.21. The van der Waals surface area contributed by atoms with Crippen molar-refractivity contribution >= 4 is 33.6 Å². The Morgan fingerprint density at radius 1 is 1.28 bits per heavy atom. The van der Waals surface area contributed by atoms with Gasteiger partial charge in [0.15, 0.2) is 5.82 Å². The van der Waals surface area contributed by atoms with Crippen molar-refractivity contribution in [3.05, 3.63) is 23.2 Å². The number of aliphatic carboxylic acids is 1. The number of carboxylic acids is 1.